The van der Waals surface area contributed by atoms with Gasteiger partial charge >= 0.3 is 12.1 Å². The normalized spacial score (nSPS) is 14.3. The summed E-state index contributed by atoms with van der Waals surface area (Å²) in [6.45, 7) is 0.538. The van der Waals surface area contributed by atoms with Crippen LogP contribution in [0.1, 0.15) is 43.5 Å². The standard InChI is InChI=1S/C16H18F3NO3S/c1-2-22-15(21)8-11(24)7-13-14(23-9-16(17,18)19)6-5-12(20-13)10-3-4-10/h5-6,10H,2-4,7-9H2,1H3. The average molecular weight is 361 g/mol. The van der Waals surface area contributed by atoms with Gasteiger partial charge in [0.15, 0.2) is 6.61 Å². The van der Waals surface area contributed by atoms with Crippen LogP contribution in [0.15, 0.2) is 12.1 Å². The Morgan fingerprint density at radius 3 is 2.67 bits per heavy atom. The van der Waals surface area contributed by atoms with Crippen molar-refractivity contribution in [2.75, 3.05) is 13.2 Å². The minimum absolute atomic E-state index is 0.0444. The Hall–Kier alpha value is -1.70. The SMILES string of the molecule is CCOC(=O)CC(=S)Cc1nc(C2CC2)ccc1OCC(F)(F)F. The predicted molar refractivity (Wildman–Crippen MR) is 85.3 cm³/mol. The fraction of sp³-hybridized carbons (Fsp3) is 0.562. The van der Waals surface area contributed by atoms with Crippen LogP contribution < -0.4 is 4.74 Å². The van der Waals surface area contributed by atoms with Crippen LogP contribution in [0.2, 0.25) is 0 Å². The van der Waals surface area contributed by atoms with Gasteiger partial charge in [-0.15, -0.1) is 0 Å². The van der Waals surface area contributed by atoms with Crippen LogP contribution in [-0.2, 0) is 16.0 Å². The van der Waals surface area contributed by atoms with Crippen molar-refractivity contribution in [2.24, 2.45) is 0 Å². The molecule has 0 atom stereocenters. The summed E-state index contributed by atoms with van der Waals surface area (Å²) in [5.74, 6) is -0.0689. The summed E-state index contributed by atoms with van der Waals surface area (Å²) in [4.78, 5) is 16.2. The van der Waals surface area contributed by atoms with Crippen LogP contribution in [0.5, 0.6) is 5.75 Å². The van der Waals surface area contributed by atoms with E-state index in [4.69, 9.17) is 21.7 Å². The first-order valence-electron chi connectivity index (χ1n) is 7.65. The fourth-order valence-corrected chi connectivity index (χ4v) is 2.41. The number of carbonyl (C=O) groups excluding carboxylic acids is 1. The van der Waals surface area contributed by atoms with Gasteiger partial charge in [0.05, 0.1) is 18.7 Å². The second kappa shape index (κ2) is 7.92. The number of pyridine rings is 1. The van der Waals surface area contributed by atoms with Crippen LogP contribution in [0.3, 0.4) is 0 Å². The number of hydrogen-bond donors (Lipinski definition) is 0. The smallest absolute Gasteiger partial charge is 0.422 e. The van der Waals surface area contributed by atoms with Crippen molar-refractivity contribution in [3.8, 4) is 5.75 Å². The molecule has 1 aromatic rings. The molecule has 1 aliphatic carbocycles. The Balaban J connectivity index is 2.10. The Labute approximate surface area is 143 Å². The molecule has 0 bridgehead atoms. The van der Waals surface area contributed by atoms with Crippen molar-refractivity contribution in [1.82, 2.24) is 4.98 Å². The zero-order valence-corrected chi connectivity index (χ0v) is 14.0. The molecule has 1 aliphatic rings. The Morgan fingerprint density at radius 2 is 2.08 bits per heavy atom. The molecule has 0 N–H and O–H groups in total. The van der Waals surface area contributed by atoms with Crippen molar-refractivity contribution in [3.05, 3.63) is 23.5 Å². The number of rotatable bonds is 8. The lowest BCUT2D eigenvalue weighted by atomic mass is 10.1. The number of nitrogens with zero attached hydrogens (tertiary/aromatic N) is 1. The maximum Gasteiger partial charge on any atom is 0.422 e. The number of aromatic nitrogens is 1. The topological polar surface area (TPSA) is 48.4 Å². The van der Waals surface area contributed by atoms with E-state index in [0.717, 1.165) is 18.5 Å². The number of thiocarbonyl (C=S) groups is 1. The van der Waals surface area contributed by atoms with E-state index < -0.39 is 18.8 Å². The number of carbonyl (C=O) groups is 1. The molecule has 0 radical (unpaired) electrons. The largest absolute Gasteiger partial charge is 0.482 e. The molecule has 0 saturated heterocycles. The van der Waals surface area contributed by atoms with Gasteiger partial charge in [-0.05, 0) is 31.9 Å². The highest BCUT2D eigenvalue weighted by atomic mass is 32.1. The molecule has 1 heterocycles. The monoisotopic (exact) mass is 361 g/mol. The Bertz CT molecular complexity index is 615. The summed E-state index contributed by atoms with van der Waals surface area (Å²) < 4.78 is 46.8. The second-order valence-corrected chi connectivity index (χ2v) is 6.13. The molecular formula is C16H18F3NO3S. The lowest BCUT2D eigenvalue weighted by Crippen LogP contribution is -2.20. The summed E-state index contributed by atoms with van der Waals surface area (Å²) >= 11 is 5.15. The number of halogens is 3. The molecule has 8 heteroatoms. The quantitative estimate of drug-likeness (QED) is 0.521. The van der Waals surface area contributed by atoms with E-state index in [9.17, 15) is 18.0 Å². The van der Waals surface area contributed by atoms with E-state index >= 15 is 0 Å². The van der Waals surface area contributed by atoms with Gasteiger partial charge in [0, 0.05) is 22.9 Å². The van der Waals surface area contributed by atoms with Gasteiger partial charge in [0.1, 0.15) is 5.75 Å². The fourth-order valence-electron chi connectivity index (χ4n) is 2.15. The summed E-state index contributed by atoms with van der Waals surface area (Å²) in [5, 5.41) is 0. The maximum atomic E-state index is 12.4. The van der Waals surface area contributed by atoms with Gasteiger partial charge in [-0.2, -0.15) is 13.2 Å². The van der Waals surface area contributed by atoms with Crippen molar-refractivity contribution in [3.63, 3.8) is 0 Å². The maximum absolute atomic E-state index is 12.4. The summed E-state index contributed by atoms with van der Waals surface area (Å²) in [6.07, 6.45) is -2.37. The van der Waals surface area contributed by atoms with E-state index in [0.29, 0.717) is 16.5 Å². The summed E-state index contributed by atoms with van der Waals surface area (Å²) in [6, 6.07) is 3.18. The first-order valence-corrected chi connectivity index (χ1v) is 8.06. The highest BCUT2D eigenvalue weighted by molar-refractivity contribution is 7.80. The van der Waals surface area contributed by atoms with Crippen LogP contribution in [0, 0.1) is 0 Å². The van der Waals surface area contributed by atoms with E-state index in [2.05, 4.69) is 4.98 Å². The molecule has 0 aromatic carbocycles. The van der Waals surface area contributed by atoms with Crippen LogP contribution in [0.4, 0.5) is 13.2 Å². The van der Waals surface area contributed by atoms with Gasteiger partial charge in [0.25, 0.3) is 0 Å². The molecule has 1 fully saturated rings. The van der Waals surface area contributed by atoms with Gasteiger partial charge in [0.2, 0.25) is 0 Å². The van der Waals surface area contributed by atoms with Crippen molar-refractivity contribution in [1.29, 1.82) is 0 Å². The average Bonchev–Trinajstić information content (AvgIpc) is 3.29. The molecule has 24 heavy (non-hydrogen) atoms. The zero-order valence-electron chi connectivity index (χ0n) is 13.2. The van der Waals surface area contributed by atoms with Crippen LogP contribution in [-0.4, -0.2) is 35.2 Å². The molecule has 4 nitrogen and oxygen atoms in total. The molecule has 132 valence electrons. The minimum atomic E-state index is -4.43. The molecule has 0 aliphatic heterocycles. The third-order valence-corrected chi connectivity index (χ3v) is 3.64. The molecule has 0 spiro atoms. The summed E-state index contributed by atoms with van der Waals surface area (Å²) in [5.41, 5.74) is 1.15. The van der Waals surface area contributed by atoms with Gasteiger partial charge in [-0.3, -0.25) is 9.78 Å². The molecule has 1 aromatic heterocycles. The molecule has 0 unspecified atom stereocenters. The second-order valence-electron chi connectivity index (χ2n) is 5.56. The molecular weight excluding hydrogens is 343 g/mol. The number of alkyl halides is 3. The van der Waals surface area contributed by atoms with Crippen molar-refractivity contribution in [2.45, 2.75) is 44.7 Å². The minimum Gasteiger partial charge on any atom is -0.482 e. The van der Waals surface area contributed by atoms with Crippen molar-refractivity contribution >= 4 is 23.1 Å². The van der Waals surface area contributed by atoms with Gasteiger partial charge < -0.3 is 9.47 Å². The highest BCUT2D eigenvalue weighted by Crippen LogP contribution is 2.40. The number of esters is 1. The van der Waals surface area contributed by atoms with E-state index in [1.165, 1.54) is 6.07 Å². The van der Waals surface area contributed by atoms with Crippen LogP contribution >= 0.6 is 12.2 Å². The van der Waals surface area contributed by atoms with Crippen molar-refractivity contribution < 1.29 is 27.4 Å². The lowest BCUT2D eigenvalue weighted by Gasteiger charge is -2.14. The molecule has 0 amide bonds. The Kier molecular flexibility index (Phi) is 6.15. The first-order chi connectivity index (χ1) is 11.3. The number of ether oxygens (including phenoxy) is 2. The third-order valence-electron chi connectivity index (χ3n) is 3.35. The lowest BCUT2D eigenvalue weighted by molar-refractivity contribution is -0.153. The zero-order chi connectivity index (χ0) is 17.7. The Morgan fingerprint density at radius 1 is 1.38 bits per heavy atom. The van der Waals surface area contributed by atoms with E-state index in [1.54, 1.807) is 13.0 Å². The number of hydrogen-bond acceptors (Lipinski definition) is 5. The highest BCUT2D eigenvalue weighted by Gasteiger charge is 2.30. The van der Waals surface area contributed by atoms with E-state index in [-0.39, 0.29) is 25.2 Å². The summed E-state index contributed by atoms with van der Waals surface area (Å²) in [7, 11) is 0. The third kappa shape index (κ3) is 6.07. The van der Waals surface area contributed by atoms with Crippen LogP contribution in [0.25, 0.3) is 0 Å². The molecule has 1 saturated carbocycles. The van der Waals surface area contributed by atoms with Gasteiger partial charge in [-0.25, -0.2) is 0 Å². The molecule has 2 rings (SSSR count). The van der Waals surface area contributed by atoms with E-state index in [1.807, 2.05) is 0 Å². The predicted octanol–water partition coefficient (Wildman–Crippen LogP) is 3.77. The van der Waals surface area contributed by atoms with Gasteiger partial charge in [-0.1, -0.05) is 12.2 Å². The first kappa shape index (κ1) is 18.6.